The molecule has 0 unspecified atom stereocenters. The number of furan rings is 1. The number of rotatable bonds is 5. The third kappa shape index (κ3) is 5.23. The highest BCUT2D eigenvalue weighted by atomic mass is 32.1. The van der Waals surface area contributed by atoms with Gasteiger partial charge in [-0.3, -0.25) is 0 Å². The van der Waals surface area contributed by atoms with Crippen molar-refractivity contribution in [2.24, 2.45) is 0 Å². The van der Waals surface area contributed by atoms with Crippen LogP contribution in [-0.2, 0) is 0 Å². The Labute approximate surface area is 336 Å². The van der Waals surface area contributed by atoms with Gasteiger partial charge in [0.05, 0.1) is 11.2 Å². The largest absolute Gasteiger partial charge is 0.455 e. The third-order valence-corrected chi connectivity index (χ3v) is 12.3. The summed E-state index contributed by atoms with van der Waals surface area (Å²) in [6, 6.07) is 63.1. The average Bonchev–Trinajstić information content (AvgIpc) is 3.87. The number of nitrogens with zero attached hydrogens (tertiary/aromatic N) is 4. The van der Waals surface area contributed by atoms with E-state index in [0.717, 1.165) is 66.5 Å². The lowest BCUT2D eigenvalue weighted by Gasteiger charge is -2.11. The highest BCUT2D eigenvalue weighted by Gasteiger charge is 2.19. The van der Waals surface area contributed by atoms with E-state index < -0.39 is 0 Å². The van der Waals surface area contributed by atoms with Gasteiger partial charge in [-0.15, -0.1) is 11.3 Å². The van der Waals surface area contributed by atoms with Crippen molar-refractivity contribution in [3.63, 3.8) is 0 Å². The minimum Gasteiger partial charge on any atom is -0.455 e. The summed E-state index contributed by atoms with van der Waals surface area (Å²) in [4.78, 5) is 20.0. The first-order chi connectivity index (χ1) is 28.7. The zero-order valence-corrected chi connectivity index (χ0v) is 31.7. The summed E-state index contributed by atoms with van der Waals surface area (Å²) in [5.41, 5.74) is 9.74. The third-order valence-electron chi connectivity index (χ3n) is 11.1. The monoisotopic (exact) mass is 758 g/mol. The molecular weight excluding hydrogens is 729 g/mol. The summed E-state index contributed by atoms with van der Waals surface area (Å²) in [5, 5.41) is 8.13. The van der Waals surface area contributed by atoms with Crippen molar-refractivity contribution >= 4 is 75.1 Å². The Morgan fingerprint density at radius 2 is 0.983 bits per heavy atom. The van der Waals surface area contributed by atoms with Crippen LogP contribution in [0.5, 0.6) is 0 Å². The fourth-order valence-corrected chi connectivity index (χ4v) is 9.60. The van der Waals surface area contributed by atoms with E-state index in [2.05, 4.69) is 109 Å². The van der Waals surface area contributed by atoms with Crippen LogP contribution in [0, 0.1) is 0 Å². The zero-order chi connectivity index (χ0) is 38.2. The first-order valence-electron chi connectivity index (χ1n) is 19.3. The molecular formula is C52H30N4OS. The second-order valence-electron chi connectivity index (χ2n) is 14.6. The molecule has 5 nitrogen and oxygen atoms in total. The first-order valence-corrected chi connectivity index (χ1v) is 20.1. The smallest absolute Gasteiger partial charge is 0.164 e. The molecule has 0 atom stereocenters. The molecule has 0 bridgehead atoms. The van der Waals surface area contributed by atoms with Gasteiger partial charge < -0.3 is 4.42 Å². The van der Waals surface area contributed by atoms with Crippen LogP contribution >= 0.6 is 11.3 Å². The fourth-order valence-electron chi connectivity index (χ4n) is 8.35. The number of pyridine rings is 1. The second-order valence-corrected chi connectivity index (χ2v) is 15.6. The van der Waals surface area contributed by atoms with E-state index in [9.17, 15) is 0 Å². The van der Waals surface area contributed by atoms with E-state index in [1.807, 2.05) is 84.1 Å². The van der Waals surface area contributed by atoms with Crippen molar-refractivity contribution in [2.45, 2.75) is 0 Å². The van der Waals surface area contributed by atoms with E-state index in [4.69, 9.17) is 24.4 Å². The van der Waals surface area contributed by atoms with Crippen LogP contribution in [0.2, 0.25) is 0 Å². The van der Waals surface area contributed by atoms with E-state index in [0.29, 0.717) is 17.5 Å². The SMILES string of the molecule is c1ccc(-c2nc(-c3ccccc3)nc(-c3ccc4oc5c(-c6ccc7sc8c(ccc9c(-c%10ccccc%10)nc%10ccccc%10c98)c7c6)cccc5c4c3)n2)cc1. The number of hydrogen-bond acceptors (Lipinski definition) is 6. The van der Waals surface area contributed by atoms with E-state index in [-0.39, 0.29) is 0 Å². The lowest BCUT2D eigenvalue weighted by Crippen LogP contribution is -2.00. The molecule has 0 aliphatic carbocycles. The number of benzene rings is 8. The quantitative estimate of drug-likeness (QED) is 0.164. The van der Waals surface area contributed by atoms with Crippen LogP contribution in [-0.4, -0.2) is 19.9 Å². The molecule has 0 aliphatic rings. The molecule has 6 heteroatoms. The molecule has 0 amide bonds. The van der Waals surface area contributed by atoms with Gasteiger partial charge >= 0.3 is 0 Å². The van der Waals surface area contributed by atoms with Crippen LogP contribution in [0.15, 0.2) is 186 Å². The van der Waals surface area contributed by atoms with Crippen LogP contribution < -0.4 is 0 Å². The fraction of sp³-hybridized carbons (Fsp3) is 0. The van der Waals surface area contributed by atoms with Crippen LogP contribution in [0.3, 0.4) is 0 Å². The Bertz CT molecular complexity index is 3500. The van der Waals surface area contributed by atoms with Gasteiger partial charge in [0.25, 0.3) is 0 Å². The van der Waals surface area contributed by atoms with Gasteiger partial charge in [0.2, 0.25) is 0 Å². The number of thiophene rings is 1. The van der Waals surface area contributed by atoms with Gasteiger partial charge in [0.15, 0.2) is 17.5 Å². The van der Waals surface area contributed by atoms with Crippen LogP contribution in [0.4, 0.5) is 0 Å². The van der Waals surface area contributed by atoms with Gasteiger partial charge in [-0.05, 0) is 42.0 Å². The predicted octanol–water partition coefficient (Wildman–Crippen LogP) is 14.2. The second kappa shape index (κ2) is 13.0. The molecule has 8 aromatic carbocycles. The highest BCUT2D eigenvalue weighted by molar-refractivity contribution is 7.26. The van der Waals surface area contributed by atoms with Gasteiger partial charge in [0.1, 0.15) is 11.2 Å². The van der Waals surface area contributed by atoms with Gasteiger partial charge in [-0.2, -0.15) is 0 Å². The summed E-state index contributed by atoms with van der Waals surface area (Å²) in [6.45, 7) is 0. The lowest BCUT2D eigenvalue weighted by molar-refractivity contribution is 0.670. The first kappa shape index (κ1) is 32.7. The normalized spacial score (nSPS) is 11.8. The van der Waals surface area contributed by atoms with Crippen LogP contribution in [0.1, 0.15) is 0 Å². The summed E-state index contributed by atoms with van der Waals surface area (Å²) in [7, 11) is 0. The number of para-hydroxylation sites is 2. The van der Waals surface area contributed by atoms with Gasteiger partial charge in [-0.1, -0.05) is 146 Å². The van der Waals surface area contributed by atoms with Crippen molar-refractivity contribution in [3.05, 3.63) is 182 Å². The molecule has 0 saturated heterocycles. The zero-order valence-electron chi connectivity index (χ0n) is 30.9. The van der Waals surface area contributed by atoms with Crippen molar-refractivity contribution in [2.75, 3.05) is 0 Å². The molecule has 0 N–H and O–H groups in total. The molecule has 0 fully saturated rings. The van der Waals surface area contributed by atoms with E-state index in [1.54, 1.807) is 0 Å². The van der Waals surface area contributed by atoms with Gasteiger partial charge in [-0.25, -0.2) is 19.9 Å². The molecule has 0 spiro atoms. The number of aromatic nitrogens is 4. The number of hydrogen-bond donors (Lipinski definition) is 0. The predicted molar refractivity (Wildman–Crippen MR) is 240 cm³/mol. The van der Waals surface area contributed by atoms with Crippen molar-refractivity contribution in [1.82, 2.24) is 19.9 Å². The Morgan fingerprint density at radius 1 is 0.379 bits per heavy atom. The maximum absolute atomic E-state index is 6.70. The summed E-state index contributed by atoms with van der Waals surface area (Å²) < 4.78 is 9.22. The topological polar surface area (TPSA) is 64.7 Å². The minimum absolute atomic E-state index is 0.613. The Kier molecular flexibility index (Phi) is 7.33. The molecule has 0 aliphatic heterocycles. The van der Waals surface area contributed by atoms with Gasteiger partial charge in [0, 0.05) is 74.9 Å². The maximum Gasteiger partial charge on any atom is 0.164 e. The van der Waals surface area contributed by atoms with Crippen molar-refractivity contribution < 1.29 is 4.42 Å². The molecule has 4 aromatic heterocycles. The lowest BCUT2D eigenvalue weighted by atomic mass is 9.97. The van der Waals surface area contributed by atoms with E-state index >= 15 is 0 Å². The summed E-state index contributed by atoms with van der Waals surface area (Å²) in [6.07, 6.45) is 0. The Balaban J connectivity index is 1.01. The average molecular weight is 759 g/mol. The Hall–Kier alpha value is -7.54. The van der Waals surface area contributed by atoms with Crippen molar-refractivity contribution in [1.29, 1.82) is 0 Å². The maximum atomic E-state index is 6.70. The van der Waals surface area contributed by atoms with Crippen molar-refractivity contribution in [3.8, 4) is 56.5 Å². The highest BCUT2D eigenvalue weighted by Crippen LogP contribution is 2.45. The summed E-state index contributed by atoms with van der Waals surface area (Å²) >= 11 is 1.85. The molecule has 0 radical (unpaired) electrons. The molecule has 58 heavy (non-hydrogen) atoms. The Morgan fingerprint density at radius 3 is 1.72 bits per heavy atom. The molecule has 0 saturated carbocycles. The standard InChI is InChI=1S/C52H30N4OS/c1-4-13-31(14-5-1)47-40-26-25-38-42-29-34(24-28-45(42)58-49(38)46(40)39-19-10-11-22-43(39)53-47)36-20-12-21-37-41-30-35(23-27-44(41)57-48(36)37)52-55-50(32-15-6-2-7-16-32)54-51(56-52)33-17-8-3-9-18-33/h1-30H. The number of fused-ring (bicyclic) bond motifs is 10. The van der Waals surface area contributed by atoms with Crippen LogP contribution in [0.25, 0.3) is 120 Å². The molecule has 4 heterocycles. The molecule has 12 rings (SSSR count). The molecule has 12 aromatic rings. The minimum atomic E-state index is 0.613. The van der Waals surface area contributed by atoms with E-state index in [1.165, 1.54) is 36.3 Å². The molecule has 270 valence electrons. The summed E-state index contributed by atoms with van der Waals surface area (Å²) in [5.74, 6) is 1.88.